The molecule has 0 amide bonds. The van der Waals surface area contributed by atoms with Gasteiger partial charge in [-0.25, -0.2) is 0 Å². The molecule has 112 valence electrons. The van der Waals surface area contributed by atoms with Gasteiger partial charge in [0.1, 0.15) is 0 Å². The Balaban J connectivity index is 0.000000735. The van der Waals surface area contributed by atoms with E-state index in [2.05, 4.69) is 46.2 Å². The summed E-state index contributed by atoms with van der Waals surface area (Å²) < 4.78 is 0. The molecule has 1 aromatic carbocycles. The van der Waals surface area contributed by atoms with Crippen molar-refractivity contribution in [2.75, 3.05) is 42.6 Å². The van der Waals surface area contributed by atoms with Crippen LogP contribution >= 0.6 is 36.6 Å². The summed E-state index contributed by atoms with van der Waals surface area (Å²) >= 11 is 2.07. The van der Waals surface area contributed by atoms with Gasteiger partial charge < -0.3 is 10.2 Å². The lowest BCUT2D eigenvalue weighted by Gasteiger charge is -2.28. The lowest BCUT2D eigenvalue weighted by atomic mass is 9.95. The topological polar surface area (TPSA) is 15.3 Å². The highest BCUT2D eigenvalue weighted by atomic mass is 35.5. The second-order valence-corrected chi connectivity index (χ2v) is 7.06. The van der Waals surface area contributed by atoms with Crippen molar-refractivity contribution < 1.29 is 0 Å². The minimum Gasteiger partial charge on any atom is -0.370 e. The molecule has 0 radical (unpaired) electrons. The number of nitrogens with zero attached hydrogens (tertiary/aromatic N) is 1. The second-order valence-electron chi connectivity index (χ2n) is 5.83. The van der Waals surface area contributed by atoms with E-state index >= 15 is 0 Å². The molecule has 2 heterocycles. The third-order valence-electron chi connectivity index (χ3n) is 4.88. The monoisotopic (exact) mass is 332 g/mol. The molecule has 4 rings (SSSR count). The molecule has 3 aliphatic rings. The van der Waals surface area contributed by atoms with E-state index in [0.717, 1.165) is 5.92 Å². The Morgan fingerprint density at radius 2 is 1.80 bits per heavy atom. The van der Waals surface area contributed by atoms with Crippen LogP contribution in [0.15, 0.2) is 24.3 Å². The van der Waals surface area contributed by atoms with Crippen LogP contribution in [-0.2, 0) is 5.41 Å². The molecular formula is C15H22Cl2N2S. The fraction of sp³-hybridized carbons (Fsp3) is 0.600. The summed E-state index contributed by atoms with van der Waals surface area (Å²) in [6, 6.07) is 9.44. The first-order valence-corrected chi connectivity index (χ1v) is 8.18. The number of nitrogens with one attached hydrogen (secondary N) is 1. The zero-order valence-electron chi connectivity index (χ0n) is 11.5. The maximum absolute atomic E-state index is 3.53. The van der Waals surface area contributed by atoms with Crippen LogP contribution in [0.25, 0.3) is 0 Å². The first-order valence-electron chi connectivity index (χ1n) is 7.02. The average Bonchev–Trinajstić information content (AvgIpc) is 3.02. The summed E-state index contributed by atoms with van der Waals surface area (Å²) in [4.78, 5) is 2.52. The van der Waals surface area contributed by atoms with E-state index in [0.29, 0.717) is 5.41 Å². The molecule has 0 aromatic heterocycles. The molecule has 1 N–H and O–H groups in total. The van der Waals surface area contributed by atoms with Crippen molar-refractivity contribution in [3.8, 4) is 0 Å². The Labute approximate surface area is 137 Å². The van der Waals surface area contributed by atoms with Gasteiger partial charge in [-0.3, -0.25) is 0 Å². The van der Waals surface area contributed by atoms with E-state index in [-0.39, 0.29) is 24.8 Å². The largest absolute Gasteiger partial charge is 0.370 e. The van der Waals surface area contributed by atoms with Crippen LogP contribution < -0.4 is 10.2 Å². The first kappa shape index (κ1) is 16.3. The van der Waals surface area contributed by atoms with Gasteiger partial charge in [-0.05, 0) is 36.6 Å². The highest BCUT2D eigenvalue weighted by Gasteiger charge is 2.57. The molecule has 1 saturated carbocycles. The maximum Gasteiger partial charge on any atom is 0.0366 e. The Bertz CT molecular complexity index is 448. The van der Waals surface area contributed by atoms with Crippen molar-refractivity contribution in [3.63, 3.8) is 0 Å². The highest BCUT2D eigenvalue weighted by molar-refractivity contribution is 7.99. The predicted octanol–water partition coefficient (Wildman–Crippen LogP) is 2.94. The number of fused-ring (bicyclic) bond motifs is 1. The van der Waals surface area contributed by atoms with Crippen molar-refractivity contribution in [1.29, 1.82) is 0 Å². The summed E-state index contributed by atoms with van der Waals surface area (Å²) in [7, 11) is 0. The molecule has 20 heavy (non-hydrogen) atoms. The minimum absolute atomic E-state index is 0. The van der Waals surface area contributed by atoms with Crippen LogP contribution in [0.1, 0.15) is 12.0 Å². The fourth-order valence-electron chi connectivity index (χ4n) is 3.62. The van der Waals surface area contributed by atoms with Crippen molar-refractivity contribution in [1.82, 2.24) is 5.32 Å². The predicted molar refractivity (Wildman–Crippen MR) is 93.1 cm³/mol. The van der Waals surface area contributed by atoms with Crippen molar-refractivity contribution in [2.45, 2.75) is 11.8 Å². The fourth-order valence-corrected chi connectivity index (χ4v) is 4.52. The van der Waals surface area contributed by atoms with Gasteiger partial charge in [-0.2, -0.15) is 11.8 Å². The summed E-state index contributed by atoms with van der Waals surface area (Å²) in [6.45, 7) is 4.83. The Morgan fingerprint density at radius 1 is 1.10 bits per heavy atom. The van der Waals surface area contributed by atoms with Crippen LogP contribution in [0.3, 0.4) is 0 Å². The van der Waals surface area contributed by atoms with Gasteiger partial charge in [0.25, 0.3) is 0 Å². The van der Waals surface area contributed by atoms with Crippen LogP contribution in [-0.4, -0.2) is 37.7 Å². The minimum atomic E-state index is 0. The zero-order valence-corrected chi connectivity index (χ0v) is 14.0. The number of piperidine rings is 1. The van der Waals surface area contributed by atoms with Gasteiger partial charge in [0.2, 0.25) is 0 Å². The third kappa shape index (κ3) is 2.66. The third-order valence-corrected chi connectivity index (χ3v) is 5.82. The maximum atomic E-state index is 3.53. The van der Waals surface area contributed by atoms with E-state index in [1.807, 2.05) is 0 Å². The summed E-state index contributed by atoms with van der Waals surface area (Å²) in [5, 5.41) is 3.53. The van der Waals surface area contributed by atoms with Gasteiger partial charge in [-0.15, -0.1) is 24.8 Å². The SMILES string of the molecule is Cl.Cl.c1cc(C23CNCC2C3)ccc1N1CCSCC1. The number of rotatable bonds is 2. The number of halogens is 2. The molecule has 0 bridgehead atoms. The molecule has 3 fully saturated rings. The molecule has 2 aliphatic heterocycles. The first-order chi connectivity index (χ1) is 8.88. The number of thioether (sulfide) groups is 1. The lowest BCUT2D eigenvalue weighted by Crippen LogP contribution is -2.32. The van der Waals surface area contributed by atoms with E-state index < -0.39 is 0 Å². The van der Waals surface area contributed by atoms with Crippen molar-refractivity contribution >= 4 is 42.3 Å². The van der Waals surface area contributed by atoms with Gasteiger partial charge in [0.15, 0.2) is 0 Å². The summed E-state index contributed by atoms with van der Waals surface area (Å²) in [6.07, 6.45) is 1.40. The molecule has 1 aromatic rings. The molecule has 5 heteroatoms. The highest BCUT2D eigenvalue weighted by Crippen LogP contribution is 2.56. The lowest BCUT2D eigenvalue weighted by molar-refractivity contribution is 0.675. The smallest absolute Gasteiger partial charge is 0.0366 e. The van der Waals surface area contributed by atoms with Gasteiger partial charge in [-0.1, -0.05) is 12.1 Å². The molecule has 1 aliphatic carbocycles. The van der Waals surface area contributed by atoms with Crippen molar-refractivity contribution in [2.24, 2.45) is 5.92 Å². The van der Waals surface area contributed by atoms with Gasteiger partial charge >= 0.3 is 0 Å². The van der Waals surface area contributed by atoms with Crippen LogP contribution in [0.4, 0.5) is 5.69 Å². The van der Waals surface area contributed by atoms with E-state index in [4.69, 9.17) is 0 Å². The van der Waals surface area contributed by atoms with Crippen LogP contribution in [0.2, 0.25) is 0 Å². The zero-order chi connectivity index (χ0) is 12.0. The molecular weight excluding hydrogens is 311 g/mol. The van der Waals surface area contributed by atoms with Gasteiger partial charge in [0.05, 0.1) is 0 Å². The quantitative estimate of drug-likeness (QED) is 0.896. The number of benzene rings is 1. The normalized spacial score (nSPS) is 31.0. The van der Waals surface area contributed by atoms with Crippen LogP contribution in [0, 0.1) is 5.92 Å². The van der Waals surface area contributed by atoms with Gasteiger partial charge in [0, 0.05) is 42.2 Å². The molecule has 2 atom stereocenters. The molecule has 2 saturated heterocycles. The standard InChI is InChI=1S/C15H20N2S.2ClH/c1-3-14(17-5-7-18-8-6-17)4-2-12(1)15-9-13(15)10-16-11-15;;/h1-4,13,16H,5-11H2;2*1H. The summed E-state index contributed by atoms with van der Waals surface area (Å²) in [5.74, 6) is 3.46. The van der Waals surface area contributed by atoms with Crippen LogP contribution in [0.5, 0.6) is 0 Å². The number of hydrogen-bond donors (Lipinski definition) is 1. The number of anilines is 1. The average molecular weight is 333 g/mol. The van der Waals surface area contributed by atoms with E-state index in [9.17, 15) is 0 Å². The number of hydrogen-bond acceptors (Lipinski definition) is 3. The Kier molecular flexibility index (Phi) is 5.17. The van der Waals surface area contributed by atoms with E-state index in [1.165, 1.54) is 49.8 Å². The van der Waals surface area contributed by atoms with Crippen molar-refractivity contribution in [3.05, 3.63) is 29.8 Å². The molecule has 2 unspecified atom stereocenters. The molecule has 0 spiro atoms. The molecule has 2 nitrogen and oxygen atoms in total. The second kappa shape index (κ2) is 6.35. The Hall–Kier alpha value is -0.0900. The summed E-state index contributed by atoms with van der Waals surface area (Å²) in [5.41, 5.74) is 3.49. The Morgan fingerprint density at radius 3 is 2.35 bits per heavy atom. The van der Waals surface area contributed by atoms with E-state index in [1.54, 1.807) is 5.56 Å².